The summed E-state index contributed by atoms with van der Waals surface area (Å²) < 4.78 is 3.96. The van der Waals surface area contributed by atoms with Crippen LogP contribution in [0.5, 0.6) is 0 Å². The minimum atomic E-state index is 0.704. The van der Waals surface area contributed by atoms with Crippen molar-refractivity contribution in [2.75, 3.05) is 23.9 Å². The van der Waals surface area contributed by atoms with E-state index in [9.17, 15) is 0 Å². The zero-order chi connectivity index (χ0) is 8.81. The van der Waals surface area contributed by atoms with Gasteiger partial charge >= 0.3 is 0 Å². The molecule has 0 bridgehead atoms. The van der Waals surface area contributed by atoms with Crippen molar-refractivity contribution >= 4 is 28.3 Å². The Morgan fingerprint density at radius 3 is 3.00 bits per heavy atom. The SMILES string of the molecule is CCN(CCCCl)c1ncns1. The van der Waals surface area contributed by atoms with Crippen LogP contribution < -0.4 is 4.90 Å². The molecule has 0 unspecified atom stereocenters. The molecule has 1 aromatic heterocycles. The Balaban J connectivity index is 2.45. The first-order valence-corrected chi connectivity index (χ1v) is 5.27. The molecular weight excluding hydrogens is 194 g/mol. The summed E-state index contributed by atoms with van der Waals surface area (Å²) in [7, 11) is 0. The van der Waals surface area contributed by atoms with Gasteiger partial charge in [-0.05, 0) is 13.3 Å². The summed E-state index contributed by atoms with van der Waals surface area (Å²) in [5.74, 6) is 0.704. The van der Waals surface area contributed by atoms with E-state index in [2.05, 4.69) is 21.2 Å². The maximum Gasteiger partial charge on any atom is 0.204 e. The number of alkyl halides is 1. The Labute approximate surface area is 81.5 Å². The first kappa shape index (κ1) is 9.74. The van der Waals surface area contributed by atoms with E-state index in [0.29, 0.717) is 5.88 Å². The Morgan fingerprint density at radius 2 is 2.50 bits per heavy atom. The maximum atomic E-state index is 5.60. The van der Waals surface area contributed by atoms with Gasteiger partial charge in [0.15, 0.2) is 0 Å². The highest BCUT2D eigenvalue weighted by molar-refractivity contribution is 7.09. The predicted octanol–water partition coefficient (Wildman–Crippen LogP) is 1.99. The molecule has 0 saturated heterocycles. The van der Waals surface area contributed by atoms with E-state index < -0.39 is 0 Å². The van der Waals surface area contributed by atoms with Crippen LogP contribution in [-0.4, -0.2) is 28.3 Å². The van der Waals surface area contributed by atoms with Gasteiger partial charge in [0.05, 0.1) is 0 Å². The number of nitrogens with zero attached hydrogens (tertiary/aromatic N) is 3. The molecule has 12 heavy (non-hydrogen) atoms. The monoisotopic (exact) mass is 205 g/mol. The van der Waals surface area contributed by atoms with Gasteiger partial charge in [0.1, 0.15) is 6.33 Å². The van der Waals surface area contributed by atoms with Gasteiger partial charge in [0, 0.05) is 30.5 Å². The standard InChI is InChI=1S/C7H12ClN3S/c1-2-11(5-3-4-8)7-9-6-10-12-7/h6H,2-5H2,1H3. The lowest BCUT2D eigenvalue weighted by Crippen LogP contribution is -2.23. The molecule has 1 rings (SSSR count). The third-order valence-electron chi connectivity index (χ3n) is 1.56. The minimum Gasteiger partial charge on any atom is -0.347 e. The molecule has 0 radical (unpaired) electrons. The maximum absolute atomic E-state index is 5.60. The highest BCUT2D eigenvalue weighted by Crippen LogP contribution is 2.14. The Kier molecular flexibility index (Phi) is 4.32. The van der Waals surface area contributed by atoms with Gasteiger partial charge in [-0.1, -0.05) is 0 Å². The molecule has 0 atom stereocenters. The quantitative estimate of drug-likeness (QED) is 0.689. The molecular formula is C7H12ClN3S. The molecule has 68 valence electrons. The summed E-state index contributed by atoms with van der Waals surface area (Å²) in [5.41, 5.74) is 0. The molecule has 1 heterocycles. The van der Waals surface area contributed by atoms with Gasteiger partial charge in [-0.15, -0.1) is 11.6 Å². The van der Waals surface area contributed by atoms with Crippen LogP contribution in [0.15, 0.2) is 6.33 Å². The summed E-state index contributed by atoms with van der Waals surface area (Å²) in [5, 5.41) is 0.989. The normalized spacial score (nSPS) is 10.2. The molecule has 3 nitrogen and oxygen atoms in total. The van der Waals surface area contributed by atoms with Crippen molar-refractivity contribution in [2.45, 2.75) is 13.3 Å². The Hall–Kier alpha value is -0.350. The Morgan fingerprint density at radius 1 is 1.67 bits per heavy atom. The first-order valence-electron chi connectivity index (χ1n) is 3.96. The first-order chi connectivity index (χ1) is 5.88. The topological polar surface area (TPSA) is 29.0 Å². The van der Waals surface area contributed by atoms with Crippen molar-refractivity contribution in [3.63, 3.8) is 0 Å². The summed E-state index contributed by atoms with van der Waals surface area (Å²) in [4.78, 5) is 6.31. The molecule has 0 N–H and O–H groups in total. The average molecular weight is 206 g/mol. The van der Waals surface area contributed by atoms with E-state index in [-0.39, 0.29) is 0 Å². The van der Waals surface area contributed by atoms with Gasteiger partial charge in [-0.3, -0.25) is 0 Å². The second-order valence-electron chi connectivity index (χ2n) is 2.35. The van der Waals surface area contributed by atoms with Gasteiger partial charge in [-0.2, -0.15) is 4.37 Å². The summed E-state index contributed by atoms with van der Waals surface area (Å²) >= 11 is 7.03. The molecule has 5 heteroatoms. The van der Waals surface area contributed by atoms with Crippen LogP contribution in [0.2, 0.25) is 0 Å². The fraction of sp³-hybridized carbons (Fsp3) is 0.714. The van der Waals surface area contributed by atoms with Crippen molar-refractivity contribution in [1.29, 1.82) is 0 Å². The molecule has 0 aliphatic heterocycles. The Bertz CT molecular complexity index is 202. The smallest absolute Gasteiger partial charge is 0.204 e. The zero-order valence-electron chi connectivity index (χ0n) is 7.03. The summed E-state index contributed by atoms with van der Waals surface area (Å²) in [6.07, 6.45) is 2.58. The third-order valence-corrected chi connectivity index (χ3v) is 2.56. The lowest BCUT2D eigenvalue weighted by atomic mass is 10.4. The molecule has 0 aliphatic carbocycles. The van der Waals surface area contributed by atoms with Crippen molar-refractivity contribution < 1.29 is 0 Å². The molecule has 0 amide bonds. The van der Waals surface area contributed by atoms with Crippen LogP contribution in [-0.2, 0) is 0 Å². The highest BCUT2D eigenvalue weighted by atomic mass is 35.5. The van der Waals surface area contributed by atoms with Crippen molar-refractivity contribution in [1.82, 2.24) is 9.36 Å². The van der Waals surface area contributed by atoms with Crippen LogP contribution in [0.3, 0.4) is 0 Å². The summed E-state index contributed by atoms with van der Waals surface area (Å²) in [6.45, 7) is 4.04. The van der Waals surface area contributed by atoms with Crippen molar-refractivity contribution in [3.8, 4) is 0 Å². The van der Waals surface area contributed by atoms with Gasteiger partial charge < -0.3 is 4.90 Å². The number of halogens is 1. The number of rotatable bonds is 5. The van der Waals surface area contributed by atoms with Crippen molar-refractivity contribution in [3.05, 3.63) is 6.33 Å². The second kappa shape index (κ2) is 5.32. The molecule has 0 aliphatic rings. The van der Waals surface area contributed by atoms with Gasteiger partial charge in [0.25, 0.3) is 0 Å². The minimum absolute atomic E-state index is 0.704. The molecule has 0 saturated carbocycles. The predicted molar refractivity (Wildman–Crippen MR) is 53.1 cm³/mol. The van der Waals surface area contributed by atoms with Crippen LogP contribution >= 0.6 is 23.1 Å². The number of hydrogen-bond donors (Lipinski definition) is 0. The molecule has 1 aromatic rings. The van der Waals surface area contributed by atoms with E-state index in [4.69, 9.17) is 11.6 Å². The van der Waals surface area contributed by atoms with Crippen LogP contribution in [0, 0.1) is 0 Å². The van der Waals surface area contributed by atoms with E-state index in [1.54, 1.807) is 6.33 Å². The van der Waals surface area contributed by atoms with E-state index in [1.807, 2.05) is 0 Å². The fourth-order valence-corrected chi connectivity index (χ4v) is 1.68. The average Bonchev–Trinajstić information content (AvgIpc) is 2.59. The van der Waals surface area contributed by atoms with Crippen LogP contribution in [0.4, 0.5) is 5.13 Å². The lowest BCUT2D eigenvalue weighted by molar-refractivity contribution is 0.791. The highest BCUT2D eigenvalue weighted by Gasteiger charge is 2.05. The van der Waals surface area contributed by atoms with Crippen LogP contribution in [0.25, 0.3) is 0 Å². The molecule has 0 aromatic carbocycles. The number of anilines is 1. The second-order valence-corrected chi connectivity index (χ2v) is 3.48. The van der Waals surface area contributed by atoms with E-state index >= 15 is 0 Å². The third kappa shape index (κ3) is 2.60. The lowest BCUT2D eigenvalue weighted by Gasteiger charge is -2.17. The van der Waals surface area contributed by atoms with Crippen LogP contribution in [0.1, 0.15) is 13.3 Å². The largest absolute Gasteiger partial charge is 0.347 e. The zero-order valence-corrected chi connectivity index (χ0v) is 8.61. The molecule has 0 spiro atoms. The van der Waals surface area contributed by atoms with E-state index in [0.717, 1.165) is 24.6 Å². The van der Waals surface area contributed by atoms with E-state index in [1.165, 1.54) is 11.5 Å². The number of hydrogen-bond acceptors (Lipinski definition) is 4. The van der Waals surface area contributed by atoms with Gasteiger partial charge in [-0.25, -0.2) is 4.98 Å². The fourth-order valence-electron chi connectivity index (χ4n) is 0.946. The van der Waals surface area contributed by atoms with Crippen molar-refractivity contribution in [2.24, 2.45) is 0 Å². The summed E-state index contributed by atoms with van der Waals surface area (Å²) in [6, 6.07) is 0. The number of aromatic nitrogens is 2. The molecule has 0 fully saturated rings. The van der Waals surface area contributed by atoms with Gasteiger partial charge in [0.2, 0.25) is 5.13 Å².